The van der Waals surface area contributed by atoms with E-state index < -0.39 is 11.9 Å². The second-order valence-electron chi connectivity index (χ2n) is 8.49. The lowest BCUT2D eigenvalue weighted by Crippen LogP contribution is -2.54. The van der Waals surface area contributed by atoms with Gasteiger partial charge in [0.05, 0.1) is 5.69 Å². The molecule has 7 nitrogen and oxygen atoms in total. The van der Waals surface area contributed by atoms with Crippen molar-refractivity contribution in [1.82, 2.24) is 15.3 Å². The maximum absolute atomic E-state index is 13.9. The molecule has 4 rings (SSSR count). The normalized spacial score (nSPS) is 19.3. The van der Waals surface area contributed by atoms with E-state index in [-0.39, 0.29) is 24.0 Å². The summed E-state index contributed by atoms with van der Waals surface area (Å²) in [7, 11) is 1.41. The Labute approximate surface area is 185 Å². The van der Waals surface area contributed by atoms with Crippen LogP contribution >= 0.6 is 11.3 Å². The lowest BCUT2D eigenvalue weighted by atomic mass is 9.63. The molecule has 0 aliphatic heterocycles. The predicted molar refractivity (Wildman–Crippen MR) is 116 cm³/mol. The van der Waals surface area contributed by atoms with Crippen LogP contribution in [0.2, 0.25) is 0 Å². The third-order valence-electron chi connectivity index (χ3n) is 6.45. The highest BCUT2D eigenvalue weighted by atomic mass is 32.1. The number of carbonyl (C=O) groups excluding carboxylic acids is 2. The monoisotopic (exact) mass is 446 g/mol. The molecule has 2 aliphatic carbocycles. The Balaban J connectivity index is 1.61. The second kappa shape index (κ2) is 8.63. The number of carbonyl (C=O) groups is 2. The van der Waals surface area contributed by atoms with Gasteiger partial charge in [-0.1, -0.05) is 12.8 Å². The third kappa shape index (κ3) is 4.21. The molecule has 0 radical (unpaired) electrons. The van der Waals surface area contributed by atoms with Crippen LogP contribution in [-0.4, -0.2) is 41.5 Å². The number of hydrogen-bond acceptors (Lipinski definition) is 6. The molecule has 2 aromatic heterocycles. The van der Waals surface area contributed by atoms with Gasteiger partial charge in [-0.05, 0) is 51.0 Å². The molecule has 31 heavy (non-hydrogen) atoms. The van der Waals surface area contributed by atoms with Crippen LogP contribution in [-0.2, 0) is 9.53 Å². The van der Waals surface area contributed by atoms with Crippen molar-refractivity contribution in [2.75, 3.05) is 18.6 Å². The van der Waals surface area contributed by atoms with E-state index in [1.807, 2.05) is 0 Å². The summed E-state index contributed by atoms with van der Waals surface area (Å²) in [5, 5.41) is 3.48. The summed E-state index contributed by atoms with van der Waals surface area (Å²) < 4.78 is 18.9. The average molecular weight is 447 g/mol. The Hall–Kier alpha value is -2.39. The van der Waals surface area contributed by atoms with Crippen LogP contribution in [0.1, 0.15) is 59.6 Å². The highest BCUT2D eigenvalue weighted by molar-refractivity contribution is 7.16. The maximum Gasteiger partial charge on any atom is 0.271 e. The van der Waals surface area contributed by atoms with Crippen LogP contribution in [0.4, 0.5) is 15.2 Å². The van der Waals surface area contributed by atoms with E-state index >= 15 is 0 Å². The Morgan fingerprint density at radius 1 is 1.26 bits per heavy atom. The lowest BCUT2D eigenvalue weighted by Gasteiger charge is -2.47. The van der Waals surface area contributed by atoms with Crippen molar-refractivity contribution in [3.8, 4) is 0 Å². The van der Waals surface area contributed by atoms with Crippen molar-refractivity contribution >= 4 is 34.0 Å². The van der Waals surface area contributed by atoms with E-state index in [0.717, 1.165) is 6.42 Å². The first-order valence-electron chi connectivity index (χ1n) is 10.6. The molecule has 1 atom stereocenters. The van der Waals surface area contributed by atoms with E-state index in [4.69, 9.17) is 4.74 Å². The van der Waals surface area contributed by atoms with Crippen LogP contribution in [0, 0.1) is 25.2 Å². The number of rotatable bonds is 6. The first kappa shape index (κ1) is 21.8. The minimum atomic E-state index is -0.691. The molecule has 9 heteroatoms. The number of hydrogen-bond donors (Lipinski definition) is 1. The van der Waals surface area contributed by atoms with Crippen molar-refractivity contribution in [2.24, 2.45) is 5.41 Å². The fraction of sp³-hybridized carbons (Fsp3) is 0.545. The van der Waals surface area contributed by atoms with E-state index in [0.29, 0.717) is 27.1 Å². The lowest BCUT2D eigenvalue weighted by molar-refractivity contribution is -0.121. The fourth-order valence-electron chi connectivity index (χ4n) is 4.80. The van der Waals surface area contributed by atoms with Crippen molar-refractivity contribution in [3.05, 3.63) is 34.3 Å². The molecule has 2 aromatic rings. The van der Waals surface area contributed by atoms with Gasteiger partial charge in [-0.2, -0.15) is 4.39 Å². The molecule has 2 aliphatic rings. The smallest absolute Gasteiger partial charge is 0.271 e. The van der Waals surface area contributed by atoms with Crippen molar-refractivity contribution in [2.45, 2.75) is 58.4 Å². The number of ether oxygens (including phenoxy) is 1. The van der Waals surface area contributed by atoms with Gasteiger partial charge in [0, 0.05) is 29.8 Å². The highest BCUT2D eigenvalue weighted by Gasteiger charge is 2.48. The molecule has 2 fully saturated rings. The van der Waals surface area contributed by atoms with E-state index in [1.165, 1.54) is 61.5 Å². The number of nitrogens with zero attached hydrogens (tertiary/aromatic N) is 3. The zero-order chi connectivity index (χ0) is 22.2. The summed E-state index contributed by atoms with van der Waals surface area (Å²) in [6.45, 7) is 3.25. The van der Waals surface area contributed by atoms with Gasteiger partial charge in [0.1, 0.15) is 12.3 Å². The van der Waals surface area contributed by atoms with Crippen LogP contribution < -0.4 is 10.2 Å². The number of anilines is 2. The Morgan fingerprint density at radius 3 is 2.61 bits per heavy atom. The second-order valence-corrected chi connectivity index (χ2v) is 9.67. The van der Waals surface area contributed by atoms with Crippen LogP contribution in [0.25, 0.3) is 0 Å². The van der Waals surface area contributed by atoms with E-state index in [9.17, 15) is 14.0 Å². The molecule has 1 N–H and O–H groups in total. The largest absolute Gasteiger partial charge is 0.375 e. The van der Waals surface area contributed by atoms with Gasteiger partial charge in [-0.3, -0.25) is 14.5 Å². The summed E-state index contributed by atoms with van der Waals surface area (Å²) in [5.74, 6) is -1.31. The molecule has 1 spiro atoms. The van der Waals surface area contributed by atoms with E-state index in [1.54, 1.807) is 19.9 Å². The highest BCUT2D eigenvalue weighted by Crippen LogP contribution is 2.53. The first-order valence-corrected chi connectivity index (χ1v) is 11.4. The van der Waals surface area contributed by atoms with Crippen LogP contribution in [0.5, 0.6) is 0 Å². The Morgan fingerprint density at radius 2 is 2.00 bits per heavy atom. The average Bonchev–Trinajstić information content (AvgIpc) is 3.33. The molecule has 2 amide bonds. The van der Waals surface area contributed by atoms with Gasteiger partial charge in [-0.15, -0.1) is 11.3 Å². The quantitative estimate of drug-likeness (QED) is 0.677. The van der Waals surface area contributed by atoms with Gasteiger partial charge in [0.25, 0.3) is 11.8 Å². The molecule has 2 saturated carbocycles. The van der Waals surface area contributed by atoms with Gasteiger partial charge in [0.15, 0.2) is 5.13 Å². The summed E-state index contributed by atoms with van der Waals surface area (Å²) in [6, 6.07) is 2.97. The van der Waals surface area contributed by atoms with Gasteiger partial charge in [-0.25, -0.2) is 9.97 Å². The summed E-state index contributed by atoms with van der Waals surface area (Å²) in [4.78, 5) is 36.0. The molecule has 0 aromatic carbocycles. The number of thiazole rings is 1. The molecule has 0 bridgehead atoms. The Kier molecular flexibility index (Phi) is 6.07. The first-order chi connectivity index (χ1) is 14.8. The predicted octanol–water partition coefficient (Wildman–Crippen LogP) is 4.06. The van der Waals surface area contributed by atoms with Crippen molar-refractivity contribution in [3.63, 3.8) is 0 Å². The number of pyridine rings is 1. The van der Waals surface area contributed by atoms with Gasteiger partial charge < -0.3 is 10.1 Å². The Bertz CT molecular complexity index is 982. The molecular weight excluding hydrogens is 419 g/mol. The molecule has 1 unspecified atom stereocenters. The third-order valence-corrected chi connectivity index (χ3v) is 7.40. The number of methoxy groups -OCH3 is 1. The minimum Gasteiger partial charge on any atom is -0.375 e. The topological polar surface area (TPSA) is 84.4 Å². The van der Waals surface area contributed by atoms with Gasteiger partial charge in [0.2, 0.25) is 5.95 Å². The molecule has 2 heterocycles. The molecule has 0 saturated heterocycles. The summed E-state index contributed by atoms with van der Waals surface area (Å²) in [5.41, 5.74) is 1.30. The number of aryl methyl sites for hydroxylation is 2. The number of amides is 2. The number of aromatic nitrogens is 2. The fourth-order valence-corrected chi connectivity index (χ4v) is 5.75. The number of halogens is 1. The van der Waals surface area contributed by atoms with Crippen LogP contribution in [0.3, 0.4) is 0 Å². The SMILES string of the molecule is COCC(=O)N(c1cc(C)nc(F)c1)c1nc(C(=O)NC2CCC23CCCC3)c(C)s1. The standard InChI is InChI=1S/C22H27FN4O3S/c1-13-10-15(11-17(23)24-13)27(18(28)12-30-3)21-26-19(14(2)31-21)20(29)25-16-6-9-22(16)7-4-5-8-22/h10-11,16H,4-9,12H2,1-3H3,(H,25,29). The molecular formula is C22H27FN4O3S. The van der Waals surface area contributed by atoms with E-state index in [2.05, 4.69) is 15.3 Å². The minimum absolute atomic E-state index is 0.190. The summed E-state index contributed by atoms with van der Waals surface area (Å²) in [6.07, 6.45) is 6.97. The van der Waals surface area contributed by atoms with Gasteiger partial charge >= 0.3 is 0 Å². The maximum atomic E-state index is 13.9. The van der Waals surface area contributed by atoms with Crippen molar-refractivity contribution in [1.29, 1.82) is 0 Å². The number of nitrogens with one attached hydrogen (secondary N) is 1. The van der Waals surface area contributed by atoms with Crippen molar-refractivity contribution < 1.29 is 18.7 Å². The molecule has 166 valence electrons. The summed E-state index contributed by atoms with van der Waals surface area (Å²) >= 11 is 1.22. The zero-order valence-electron chi connectivity index (χ0n) is 18.0. The van der Waals surface area contributed by atoms with Crippen LogP contribution in [0.15, 0.2) is 12.1 Å². The zero-order valence-corrected chi connectivity index (χ0v) is 18.9.